The Kier molecular flexibility index (Phi) is 2.04. The van der Waals surface area contributed by atoms with E-state index in [2.05, 4.69) is 5.16 Å². The van der Waals surface area contributed by atoms with Crippen molar-refractivity contribution in [1.82, 2.24) is 5.16 Å². The van der Waals surface area contributed by atoms with E-state index >= 15 is 0 Å². The molecule has 2 aromatic rings. The van der Waals surface area contributed by atoms with Crippen LogP contribution in [0.15, 0.2) is 22.7 Å². The van der Waals surface area contributed by atoms with Gasteiger partial charge < -0.3 is 15.0 Å². The minimum Gasteiger partial charge on any atom is -0.491 e. The zero-order valence-corrected chi connectivity index (χ0v) is 9.12. The molecule has 0 radical (unpaired) electrons. The molecule has 0 saturated carbocycles. The molecular formula is C11H9ClN2O2. The second-order valence-electron chi connectivity index (χ2n) is 3.66. The third-order valence-corrected chi connectivity index (χ3v) is 2.83. The van der Waals surface area contributed by atoms with E-state index < -0.39 is 0 Å². The Labute approximate surface area is 96.9 Å². The van der Waals surface area contributed by atoms with Crippen molar-refractivity contribution in [2.24, 2.45) is 0 Å². The fraction of sp³-hybridized carbons (Fsp3) is 0.182. The van der Waals surface area contributed by atoms with Gasteiger partial charge in [-0.2, -0.15) is 0 Å². The van der Waals surface area contributed by atoms with Crippen LogP contribution in [0.3, 0.4) is 0 Å². The number of nitrogen functional groups attached to an aromatic ring is 1. The maximum absolute atomic E-state index is 6.11. The van der Waals surface area contributed by atoms with Gasteiger partial charge in [0.2, 0.25) is 0 Å². The molecule has 1 aliphatic heterocycles. The molecule has 0 bridgehead atoms. The molecule has 16 heavy (non-hydrogen) atoms. The van der Waals surface area contributed by atoms with Crippen molar-refractivity contribution in [2.45, 2.75) is 6.42 Å². The van der Waals surface area contributed by atoms with E-state index in [4.69, 9.17) is 26.6 Å². The summed E-state index contributed by atoms with van der Waals surface area (Å²) in [6, 6.07) is 5.47. The summed E-state index contributed by atoms with van der Waals surface area (Å²) in [5.41, 5.74) is 7.47. The number of ether oxygens (including phenoxy) is 1. The molecule has 0 unspecified atom stereocenters. The van der Waals surface area contributed by atoms with Crippen LogP contribution < -0.4 is 10.5 Å². The second kappa shape index (κ2) is 3.42. The fourth-order valence-electron chi connectivity index (χ4n) is 1.83. The van der Waals surface area contributed by atoms with Crippen LogP contribution in [0, 0.1) is 0 Å². The van der Waals surface area contributed by atoms with Crippen LogP contribution in [0.1, 0.15) is 5.56 Å². The van der Waals surface area contributed by atoms with Crippen molar-refractivity contribution in [3.05, 3.63) is 28.8 Å². The molecule has 4 nitrogen and oxygen atoms in total. The number of hydrogen-bond donors (Lipinski definition) is 1. The van der Waals surface area contributed by atoms with E-state index in [0.717, 1.165) is 23.3 Å². The van der Waals surface area contributed by atoms with E-state index in [-0.39, 0.29) is 0 Å². The van der Waals surface area contributed by atoms with E-state index in [1.54, 1.807) is 12.1 Å². The first-order chi connectivity index (χ1) is 7.74. The minimum absolute atomic E-state index is 0.364. The molecule has 0 aliphatic carbocycles. The summed E-state index contributed by atoms with van der Waals surface area (Å²) in [7, 11) is 0. The van der Waals surface area contributed by atoms with Crippen molar-refractivity contribution < 1.29 is 9.26 Å². The summed E-state index contributed by atoms with van der Waals surface area (Å²) in [4.78, 5) is 0. The van der Waals surface area contributed by atoms with Crippen LogP contribution in [-0.4, -0.2) is 11.8 Å². The summed E-state index contributed by atoms with van der Waals surface area (Å²) in [6.07, 6.45) is 0.868. The molecule has 0 spiro atoms. The number of halogens is 1. The van der Waals surface area contributed by atoms with Gasteiger partial charge in [-0.1, -0.05) is 16.8 Å². The monoisotopic (exact) mass is 236 g/mol. The summed E-state index contributed by atoms with van der Waals surface area (Å²) >= 11 is 6.11. The third kappa shape index (κ3) is 1.42. The van der Waals surface area contributed by atoms with Crippen LogP contribution >= 0.6 is 11.6 Å². The zero-order valence-electron chi connectivity index (χ0n) is 8.37. The average Bonchev–Trinajstić information content (AvgIpc) is 2.85. The number of benzene rings is 1. The van der Waals surface area contributed by atoms with E-state index in [9.17, 15) is 0 Å². The Balaban J connectivity index is 2.12. The van der Waals surface area contributed by atoms with Gasteiger partial charge in [-0.25, -0.2) is 0 Å². The lowest BCUT2D eigenvalue weighted by Gasteiger charge is -2.03. The minimum atomic E-state index is 0.364. The second-order valence-corrected chi connectivity index (χ2v) is 4.07. The molecule has 1 aromatic heterocycles. The van der Waals surface area contributed by atoms with Crippen LogP contribution in [0.4, 0.5) is 5.82 Å². The number of rotatable bonds is 1. The van der Waals surface area contributed by atoms with Gasteiger partial charge in [0.1, 0.15) is 5.75 Å². The standard InChI is InChI=1S/C11H9ClN2O2/c12-8-4-7(9-5-10(13)14-16-9)3-6-1-2-15-11(6)8/h3-5H,1-2H2,(H2,13,14). The molecule has 0 amide bonds. The van der Waals surface area contributed by atoms with Crippen molar-refractivity contribution in [1.29, 1.82) is 0 Å². The van der Waals surface area contributed by atoms with Crippen molar-refractivity contribution in [3.63, 3.8) is 0 Å². The zero-order chi connectivity index (χ0) is 11.1. The van der Waals surface area contributed by atoms with Crippen LogP contribution in [-0.2, 0) is 6.42 Å². The maximum atomic E-state index is 6.11. The van der Waals surface area contributed by atoms with Crippen molar-refractivity contribution >= 4 is 17.4 Å². The van der Waals surface area contributed by atoms with Gasteiger partial charge in [0.25, 0.3) is 0 Å². The number of aromatic nitrogens is 1. The Morgan fingerprint density at radius 2 is 2.19 bits per heavy atom. The largest absolute Gasteiger partial charge is 0.491 e. The third-order valence-electron chi connectivity index (χ3n) is 2.55. The fourth-order valence-corrected chi connectivity index (χ4v) is 2.12. The SMILES string of the molecule is Nc1cc(-c2cc(Cl)c3c(c2)CCO3)on1. The normalized spacial score (nSPS) is 13.6. The summed E-state index contributed by atoms with van der Waals surface area (Å²) in [5.74, 6) is 1.76. The molecule has 82 valence electrons. The Bertz CT molecular complexity index is 551. The molecule has 1 aliphatic rings. The predicted octanol–water partition coefficient (Wildman–Crippen LogP) is 2.51. The Hall–Kier alpha value is -1.68. The molecule has 5 heteroatoms. The van der Waals surface area contributed by atoms with E-state index in [0.29, 0.717) is 23.2 Å². The summed E-state index contributed by atoms with van der Waals surface area (Å²) < 4.78 is 10.5. The molecule has 1 aromatic carbocycles. The average molecular weight is 237 g/mol. The number of hydrogen-bond acceptors (Lipinski definition) is 4. The Morgan fingerprint density at radius 3 is 2.94 bits per heavy atom. The highest BCUT2D eigenvalue weighted by Crippen LogP contribution is 2.37. The van der Waals surface area contributed by atoms with E-state index in [1.807, 2.05) is 6.07 Å². The molecule has 3 rings (SSSR count). The first kappa shape index (κ1) is 9.54. The van der Waals surface area contributed by atoms with Gasteiger partial charge >= 0.3 is 0 Å². The number of nitrogens with two attached hydrogens (primary N) is 1. The van der Waals surface area contributed by atoms with Gasteiger partial charge in [-0.3, -0.25) is 0 Å². The first-order valence-corrected chi connectivity index (χ1v) is 5.29. The number of nitrogens with zero attached hydrogens (tertiary/aromatic N) is 1. The smallest absolute Gasteiger partial charge is 0.169 e. The lowest BCUT2D eigenvalue weighted by atomic mass is 10.1. The molecule has 2 heterocycles. The van der Waals surface area contributed by atoms with Gasteiger partial charge in [-0.05, 0) is 17.7 Å². The quantitative estimate of drug-likeness (QED) is 0.827. The first-order valence-electron chi connectivity index (χ1n) is 4.92. The van der Waals surface area contributed by atoms with Crippen LogP contribution in [0.2, 0.25) is 5.02 Å². The van der Waals surface area contributed by atoms with Crippen molar-refractivity contribution in [2.75, 3.05) is 12.3 Å². The van der Waals surface area contributed by atoms with E-state index in [1.165, 1.54) is 0 Å². The molecule has 0 atom stereocenters. The molecule has 0 saturated heterocycles. The maximum Gasteiger partial charge on any atom is 0.169 e. The number of fused-ring (bicyclic) bond motifs is 1. The Morgan fingerprint density at radius 1 is 1.31 bits per heavy atom. The van der Waals surface area contributed by atoms with Crippen LogP contribution in [0.5, 0.6) is 5.75 Å². The van der Waals surface area contributed by atoms with Gasteiger partial charge in [0.15, 0.2) is 11.6 Å². The highest BCUT2D eigenvalue weighted by atomic mass is 35.5. The summed E-state index contributed by atoms with van der Waals surface area (Å²) in [6.45, 7) is 0.678. The van der Waals surface area contributed by atoms with Gasteiger partial charge in [-0.15, -0.1) is 0 Å². The summed E-state index contributed by atoms with van der Waals surface area (Å²) in [5, 5.41) is 4.24. The van der Waals surface area contributed by atoms with Crippen LogP contribution in [0.25, 0.3) is 11.3 Å². The lowest BCUT2D eigenvalue weighted by molar-refractivity contribution is 0.357. The molecule has 2 N–H and O–H groups in total. The predicted molar refractivity (Wildman–Crippen MR) is 60.6 cm³/mol. The lowest BCUT2D eigenvalue weighted by Crippen LogP contribution is -1.86. The van der Waals surface area contributed by atoms with Gasteiger partial charge in [0, 0.05) is 18.1 Å². The highest BCUT2D eigenvalue weighted by molar-refractivity contribution is 6.32. The van der Waals surface area contributed by atoms with Gasteiger partial charge in [0.05, 0.1) is 11.6 Å². The number of anilines is 1. The molecular weight excluding hydrogens is 228 g/mol. The topological polar surface area (TPSA) is 61.3 Å². The highest BCUT2D eigenvalue weighted by Gasteiger charge is 2.18. The molecule has 0 fully saturated rings. The van der Waals surface area contributed by atoms with Crippen molar-refractivity contribution in [3.8, 4) is 17.1 Å².